The van der Waals surface area contributed by atoms with E-state index >= 15 is 0 Å². The van der Waals surface area contributed by atoms with Gasteiger partial charge in [0.25, 0.3) is 0 Å². The molecule has 0 aromatic heterocycles. The van der Waals surface area contributed by atoms with E-state index in [1.807, 2.05) is 24.3 Å². The number of nitrogens with one attached hydrogen (secondary N) is 1. The van der Waals surface area contributed by atoms with Gasteiger partial charge in [0.05, 0.1) is 19.8 Å². The molecule has 1 aromatic carbocycles. The number of hydrogen-bond donors (Lipinski definition) is 2. The van der Waals surface area contributed by atoms with Gasteiger partial charge in [0.2, 0.25) is 0 Å². The van der Waals surface area contributed by atoms with Crippen molar-refractivity contribution >= 4 is 29.9 Å². The Bertz CT molecular complexity index is 581. The van der Waals surface area contributed by atoms with E-state index < -0.39 is 6.10 Å². The highest BCUT2D eigenvalue weighted by atomic mass is 127. The van der Waals surface area contributed by atoms with Crippen molar-refractivity contribution in [3.8, 4) is 5.75 Å². The second-order valence-corrected chi connectivity index (χ2v) is 6.60. The van der Waals surface area contributed by atoms with Gasteiger partial charge in [0.1, 0.15) is 5.75 Å². The van der Waals surface area contributed by atoms with Crippen LogP contribution in [-0.4, -0.2) is 73.3 Å². The number of ether oxygens (including phenoxy) is 1. The van der Waals surface area contributed by atoms with E-state index in [1.165, 1.54) is 0 Å². The number of benzene rings is 1. The van der Waals surface area contributed by atoms with Crippen LogP contribution >= 0.6 is 24.0 Å². The van der Waals surface area contributed by atoms with E-state index in [0.29, 0.717) is 12.6 Å². The maximum absolute atomic E-state index is 10.5. The zero-order valence-corrected chi connectivity index (χ0v) is 19.3. The minimum absolute atomic E-state index is 0. The second-order valence-electron chi connectivity index (χ2n) is 6.60. The number of aliphatic imine (C=N–C) groups is 1. The summed E-state index contributed by atoms with van der Waals surface area (Å²) >= 11 is 0. The van der Waals surface area contributed by atoms with E-state index in [4.69, 9.17) is 9.73 Å². The maximum Gasteiger partial charge on any atom is 0.194 e. The standard InChI is InChI=1S/C20H34N4O2.HI/c1-5-21-20(24-12-11-17(15-24)23(6-2)7-3)22-14-19(25)16-9-8-10-18(13-16)26-4;/h8-10,13,17,19,25H,5-7,11-12,14-15H2,1-4H3,(H,21,22);1H. The minimum Gasteiger partial charge on any atom is -0.497 e. The Balaban J connectivity index is 0.00000364. The van der Waals surface area contributed by atoms with Gasteiger partial charge in [-0.15, -0.1) is 24.0 Å². The largest absolute Gasteiger partial charge is 0.497 e. The Morgan fingerprint density at radius 3 is 2.74 bits per heavy atom. The van der Waals surface area contributed by atoms with Crippen LogP contribution < -0.4 is 10.1 Å². The van der Waals surface area contributed by atoms with Crippen LogP contribution in [0.3, 0.4) is 0 Å². The third-order valence-electron chi connectivity index (χ3n) is 5.02. The Hall–Kier alpha value is -1.06. The molecule has 1 aliphatic heterocycles. The molecule has 1 aliphatic rings. The predicted molar refractivity (Wildman–Crippen MR) is 122 cm³/mol. The van der Waals surface area contributed by atoms with Gasteiger partial charge in [0.15, 0.2) is 5.96 Å². The van der Waals surface area contributed by atoms with Gasteiger partial charge in [-0.1, -0.05) is 26.0 Å². The SMILES string of the molecule is CCNC(=NCC(O)c1cccc(OC)c1)N1CCC(N(CC)CC)C1.I. The predicted octanol–water partition coefficient (Wildman–Crippen LogP) is 2.73. The molecule has 0 saturated carbocycles. The van der Waals surface area contributed by atoms with Crippen LogP contribution in [-0.2, 0) is 0 Å². The van der Waals surface area contributed by atoms with Crippen molar-refractivity contribution < 1.29 is 9.84 Å². The third-order valence-corrected chi connectivity index (χ3v) is 5.02. The molecular weight excluding hydrogens is 455 g/mol. The highest BCUT2D eigenvalue weighted by molar-refractivity contribution is 14.0. The van der Waals surface area contributed by atoms with Crippen LogP contribution in [0.2, 0.25) is 0 Å². The van der Waals surface area contributed by atoms with Crippen LogP contribution in [0.4, 0.5) is 0 Å². The zero-order chi connectivity index (χ0) is 18.9. The van der Waals surface area contributed by atoms with Crippen LogP contribution in [0.1, 0.15) is 38.9 Å². The Morgan fingerprint density at radius 1 is 1.37 bits per heavy atom. The van der Waals surface area contributed by atoms with Gasteiger partial charge in [0, 0.05) is 25.7 Å². The van der Waals surface area contributed by atoms with Crippen molar-refractivity contribution in [2.45, 2.75) is 39.3 Å². The second kappa shape index (κ2) is 12.4. The number of aliphatic hydroxyl groups excluding tert-OH is 1. The lowest BCUT2D eigenvalue weighted by molar-refractivity contribution is 0.186. The number of aliphatic hydroxyl groups is 1. The first kappa shape index (κ1) is 24.0. The summed E-state index contributed by atoms with van der Waals surface area (Å²) in [5.74, 6) is 1.64. The average molecular weight is 490 g/mol. The van der Waals surface area contributed by atoms with Gasteiger partial charge in [-0.05, 0) is 44.1 Å². The van der Waals surface area contributed by atoms with Crippen LogP contribution in [0.15, 0.2) is 29.3 Å². The number of likely N-dealkylation sites (N-methyl/N-ethyl adjacent to an activating group) is 1. The summed E-state index contributed by atoms with van der Waals surface area (Å²) in [6, 6.07) is 8.11. The quantitative estimate of drug-likeness (QED) is 0.334. The molecule has 154 valence electrons. The van der Waals surface area contributed by atoms with Gasteiger partial charge in [-0.3, -0.25) is 9.89 Å². The van der Waals surface area contributed by atoms with Crippen molar-refractivity contribution in [1.29, 1.82) is 0 Å². The number of halogens is 1. The summed E-state index contributed by atoms with van der Waals surface area (Å²) in [5.41, 5.74) is 0.825. The van der Waals surface area contributed by atoms with E-state index in [1.54, 1.807) is 7.11 Å². The van der Waals surface area contributed by atoms with Gasteiger partial charge in [-0.2, -0.15) is 0 Å². The average Bonchev–Trinajstić information content (AvgIpc) is 3.15. The molecule has 27 heavy (non-hydrogen) atoms. The zero-order valence-electron chi connectivity index (χ0n) is 17.0. The van der Waals surface area contributed by atoms with Crippen LogP contribution in [0, 0.1) is 0 Å². The molecule has 2 unspecified atom stereocenters. The smallest absolute Gasteiger partial charge is 0.194 e. The van der Waals surface area contributed by atoms with Gasteiger partial charge in [-0.25, -0.2) is 0 Å². The summed E-state index contributed by atoms with van der Waals surface area (Å²) in [6.07, 6.45) is 0.518. The number of methoxy groups -OCH3 is 1. The molecule has 0 amide bonds. The third kappa shape index (κ3) is 6.80. The highest BCUT2D eigenvalue weighted by Gasteiger charge is 2.28. The summed E-state index contributed by atoms with van der Waals surface area (Å²) < 4.78 is 5.23. The number of likely N-dealkylation sites (tertiary alicyclic amines) is 1. The number of rotatable bonds is 8. The summed E-state index contributed by atoms with van der Waals surface area (Å²) in [5, 5.41) is 13.9. The first-order valence-corrected chi connectivity index (χ1v) is 9.72. The Kier molecular flexibility index (Phi) is 11.0. The van der Waals surface area contributed by atoms with Crippen LogP contribution in [0.25, 0.3) is 0 Å². The molecule has 2 rings (SSSR count). The van der Waals surface area contributed by atoms with Crippen molar-refractivity contribution in [2.75, 3.05) is 46.4 Å². The molecule has 6 nitrogen and oxygen atoms in total. The fraction of sp³-hybridized carbons (Fsp3) is 0.650. The first-order chi connectivity index (χ1) is 12.6. The molecule has 0 aliphatic carbocycles. The van der Waals surface area contributed by atoms with Crippen molar-refractivity contribution in [3.05, 3.63) is 29.8 Å². The molecule has 1 aromatic rings. The molecule has 0 bridgehead atoms. The summed E-state index contributed by atoms with van der Waals surface area (Å²) in [7, 11) is 1.63. The number of nitrogens with zero attached hydrogens (tertiary/aromatic N) is 3. The van der Waals surface area contributed by atoms with E-state index in [9.17, 15) is 5.11 Å². The Morgan fingerprint density at radius 2 is 2.11 bits per heavy atom. The molecule has 2 atom stereocenters. The lowest BCUT2D eigenvalue weighted by Crippen LogP contribution is -2.43. The maximum atomic E-state index is 10.5. The molecule has 1 saturated heterocycles. The van der Waals surface area contributed by atoms with E-state index in [0.717, 1.165) is 56.4 Å². The van der Waals surface area contributed by atoms with Gasteiger partial charge >= 0.3 is 0 Å². The molecular formula is C20H35IN4O2. The summed E-state index contributed by atoms with van der Waals surface area (Å²) in [6.45, 7) is 11.8. The topological polar surface area (TPSA) is 60.3 Å². The van der Waals surface area contributed by atoms with Crippen molar-refractivity contribution in [3.63, 3.8) is 0 Å². The fourth-order valence-corrected chi connectivity index (χ4v) is 3.53. The van der Waals surface area contributed by atoms with Gasteiger partial charge < -0.3 is 20.1 Å². The molecule has 0 radical (unpaired) electrons. The van der Waals surface area contributed by atoms with E-state index in [2.05, 4.69) is 35.9 Å². The number of hydrogen-bond acceptors (Lipinski definition) is 4. The molecule has 7 heteroatoms. The van der Waals surface area contributed by atoms with Crippen LogP contribution in [0.5, 0.6) is 5.75 Å². The van der Waals surface area contributed by atoms with Crippen molar-refractivity contribution in [1.82, 2.24) is 15.1 Å². The molecule has 1 heterocycles. The highest BCUT2D eigenvalue weighted by Crippen LogP contribution is 2.20. The minimum atomic E-state index is -0.639. The fourth-order valence-electron chi connectivity index (χ4n) is 3.53. The molecule has 0 spiro atoms. The summed E-state index contributed by atoms with van der Waals surface area (Å²) in [4.78, 5) is 9.51. The lowest BCUT2D eigenvalue weighted by Gasteiger charge is -2.27. The first-order valence-electron chi connectivity index (χ1n) is 9.72. The monoisotopic (exact) mass is 490 g/mol. The molecule has 1 fully saturated rings. The molecule has 2 N–H and O–H groups in total. The van der Waals surface area contributed by atoms with Crippen molar-refractivity contribution in [2.24, 2.45) is 4.99 Å². The lowest BCUT2D eigenvalue weighted by atomic mass is 10.1. The number of guanidine groups is 1. The Labute approximate surface area is 181 Å². The van der Waals surface area contributed by atoms with E-state index in [-0.39, 0.29) is 24.0 Å². The normalized spacial score (nSPS) is 18.4.